The van der Waals surface area contributed by atoms with Crippen molar-refractivity contribution in [3.05, 3.63) is 65.7 Å². The first kappa shape index (κ1) is 18.5. The minimum atomic E-state index is 0.00475. The first-order valence-electron chi connectivity index (χ1n) is 8.93. The van der Waals surface area contributed by atoms with Gasteiger partial charge in [-0.3, -0.25) is 4.79 Å². The van der Waals surface area contributed by atoms with Gasteiger partial charge in [0, 0.05) is 12.6 Å². The van der Waals surface area contributed by atoms with Crippen LogP contribution in [0, 0.1) is 11.3 Å². The van der Waals surface area contributed by atoms with E-state index in [0.29, 0.717) is 5.75 Å². The van der Waals surface area contributed by atoms with Crippen LogP contribution >= 0.6 is 0 Å². The molecule has 0 bridgehead atoms. The second kappa shape index (κ2) is 8.91. The summed E-state index contributed by atoms with van der Waals surface area (Å²) in [4.78, 5) is 14.6. The summed E-state index contributed by atoms with van der Waals surface area (Å²) in [6.07, 6.45) is 5.37. The van der Waals surface area contributed by atoms with Crippen LogP contribution in [0.4, 0.5) is 0 Å². The number of benzene rings is 2. The molecule has 0 N–H and O–H groups in total. The van der Waals surface area contributed by atoms with Gasteiger partial charge < -0.3 is 14.4 Å². The fraction of sp³-hybridized carbons (Fsp3) is 0.273. The molecular formula is C22H22N2O3. The number of methoxy groups -OCH3 is 1. The summed E-state index contributed by atoms with van der Waals surface area (Å²) in [5, 5.41) is 8.53. The molecule has 138 valence electrons. The Morgan fingerprint density at radius 3 is 2.81 bits per heavy atom. The number of nitrogens with zero attached hydrogens (tertiary/aromatic N) is 2. The predicted octanol–water partition coefficient (Wildman–Crippen LogP) is 3.97. The van der Waals surface area contributed by atoms with Crippen LogP contribution in [0.3, 0.4) is 0 Å². The summed E-state index contributed by atoms with van der Waals surface area (Å²) in [5.41, 5.74) is 2.01. The van der Waals surface area contributed by atoms with Gasteiger partial charge >= 0.3 is 0 Å². The van der Waals surface area contributed by atoms with Crippen molar-refractivity contribution in [1.82, 2.24) is 4.90 Å². The maximum Gasteiger partial charge on any atom is 0.247 e. The molecule has 2 aromatic rings. The third kappa shape index (κ3) is 4.68. The van der Waals surface area contributed by atoms with Crippen molar-refractivity contribution in [2.75, 3.05) is 20.3 Å². The van der Waals surface area contributed by atoms with E-state index in [2.05, 4.69) is 0 Å². The largest absolute Gasteiger partial charge is 0.497 e. The van der Waals surface area contributed by atoms with Crippen LogP contribution in [0.15, 0.2) is 54.6 Å². The highest BCUT2D eigenvalue weighted by atomic mass is 16.5. The van der Waals surface area contributed by atoms with E-state index < -0.39 is 0 Å². The van der Waals surface area contributed by atoms with Gasteiger partial charge in [0.2, 0.25) is 5.91 Å². The van der Waals surface area contributed by atoms with Gasteiger partial charge in [-0.1, -0.05) is 24.3 Å². The minimum absolute atomic E-state index is 0.00475. The predicted molar refractivity (Wildman–Crippen MR) is 103 cm³/mol. The summed E-state index contributed by atoms with van der Waals surface area (Å²) in [6.45, 7) is 0.778. The van der Waals surface area contributed by atoms with E-state index in [0.717, 1.165) is 36.3 Å². The van der Waals surface area contributed by atoms with Gasteiger partial charge in [-0.25, -0.2) is 0 Å². The number of hydrogen-bond donors (Lipinski definition) is 0. The summed E-state index contributed by atoms with van der Waals surface area (Å²) < 4.78 is 10.5. The quantitative estimate of drug-likeness (QED) is 0.730. The van der Waals surface area contributed by atoms with Crippen LogP contribution in [0.5, 0.6) is 11.5 Å². The van der Waals surface area contributed by atoms with E-state index >= 15 is 0 Å². The van der Waals surface area contributed by atoms with Crippen LogP contribution in [-0.4, -0.2) is 31.1 Å². The summed E-state index contributed by atoms with van der Waals surface area (Å²) in [6, 6.07) is 17.2. The normalized spacial score (nSPS) is 16.3. The molecule has 27 heavy (non-hydrogen) atoms. The van der Waals surface area contributed by atoms with Gasteiger partial charge in [-0.05, 0) is 54.3 Å². The number of nitriles is 1. The molecule has 5 nitrogen and oxygen atoms in total. The molecule has 1 fully saturated rings. The number of likely N-dealkylation sites (tertiary alicyclic amines) is 1. The van der Waals surface area contributed by atoms with E-state index in [4.69, 9.17) is 14.7 Å². The van der Waals surface area contributed by atoms with E-state index in [-0.39, 0.29) is 18.6 Å². The van der Waals surface area contributed by atoms with Gasteiger partial charge in [0.15, 0.2) is 6.61 Å². The number of hydrogen-bond acceptors (Lipinski definition) is 4. The minimum Gasteiger partial charge on any atom is -0.497 e. The molecule has 0 radical (unpaired) electrons. The summed E-state index contributed by atoms with van der Waals surface area (Å²) in [7, 11) is 1.65. The SMILES string of the molecule is COc1cccc(C2CCCN2C(=O)/C=C/c2ccc(OCC#N)cc2)c1. The third-order valence-corrected chi connectivity index (χ3v) is 4.62. The van der Waals surface area contributed by atoms with Crippen molar-refractivity contribution in [2.45, 2.75) is 18.9 Å². The van der Waals surface area contributed by atoms with Gasteiger partial charge in [0.25, 0.3) is 0 Å². The lowest BCUT2D eigenvalue weighted by molar-refractivity contribution is -0.126. The van der Waals surface area contributed by atoms with E-state index in [1.807, 2.05) is 47.4 Å². The Bertz CT molecular complexity index is 853. The fourth-order valence-electron chi connectivity index (χ4n) is 3.28. The molecule has 2 aromatic carbocycles. The standard InChI is InChI=1S/C22H22N2O3/c1-26-20-5-2-4-18(16-20)21-6-3-14-24(21)22(25)12-9-17-7-10-19(11-8-17)27-15-13-23/h2,4-5,7-12,16,21H,3,6,14-15H2,1H3/b12-9+. The Morgan fingerprint density at radius 1 is 1.26 bits per heavy atom. The molecule has 1 aliphatic rings. The molecule has 0 aliphatic carbocycles. The van der Waals surface area contributed by atoms with Crippen LogP contribution in [0.1, 0.15) is 30.0 Å². The lowest BCUT2D eigenvalue weighted by Crippen LogP contribution is -2.28. The van der Waals surface area contributed by atoms with Crippen molar-refractivity contribution >= 4 is 12.0 Å². The van der Waals surface area contributed by atoms with Gasteiger partial charge in [-0.15, -0.1) is 0 Å². The maximum atomic E-state index is 12.7. The van der Waals surface area contributed by atoms with Crippen LogP contribution in [0.25, 0.3) is 6.08 Å². The molecule has 1 amide bonds. The zero-order valence-electron chi connectivity index (χ0n) is 15.3. The Hall–Kier alpha value is -3.26. The lowest BCUT2D eigenvalue weighted by atomic mass is 10.0. The maximum absolute atomic E-state index is 12.7. The average Bonchev–Trinajstić information content (AvgIpc) is 3.21. The molecule has 0 spiro atoms. The zero-order valence-corrected chi connectivity index (χ0v) is 15.3. The van der Waals surface area contributed by atoms with Crippen LogP contribution < -0.4 is 9.47 Å². The first-order valence-corrected chi connectivity index (χ1v) is 8.93. The Kier molecular flexibility index (Phi) is 6.11. The smallest absolute Gasteiger partial charge is 0.247 e. The van der Waals surface area contributed by atoms with Gasteiger partial charge in [0.05, 0.1) is 13.2 Å². The molecule has 1 aliphatic heterocycles. The Labute approximate surface area is 159 Å². The number of carbonyl (C=O) groups is 1. The average molecular weight is 362 g/mol. The van der Waals surface area contributed by atoms with E-state index in [9.17, 15) is 4.79 Å². The van der Waals surface area contributed by atoms with Crippen molar-refractivity contribution in [1.29, 1.82) is 5.26 Å². The molecule has 1 atom stereocenters. The molecule has 1 heterocycles. The number of rotatable bonds is 6. The Morgan fingerprint density at radius 2 is 2.07 bits per heavy atom. The highest BCUT2D eigenvalue weighted by Crippen LogP contribution is 2.33. The molecule has 5 heteroatoms. The van der Waals surface area contributed by atoms with Crippen molar-refractivity contribution < 1.29 is 14.3 Å². The monoisotopic (exact) mass is 362 g/mol. The zero-order chi connectivity index (χ0) is 19.1. The first-order chi connectivity index (χ1) is 13.2. The number of carbonyl (C=O) groups excluding carboxylic acids is 1. The van der Waals surface area contributed by atoms with E-state index in [1.165, 1.54) is 0 Å². The number of ether oxygens (including phenoxy) is 2. The molecule has 1 saturated heterocycles. The van der Waals surface area contributed by atoms with Crippen molar-refractivity contribution in [3.63, 3.8) is 0 Å². The molecule has 0 aromatic heterocycles. The van der Waals surface area contributed by atoms with Gasteiger partial charge in [0.1, 0.15) is 17.6 Å². The van der Waals surface area contributed by atoms with E-state index in [1.54, 1.807) is 31.4 Å². The fourth-order valence-corrected chi connectivity index (χ4v) is 3.28. The summed E-state index contributed by atoms with van der Waals surface area (Å²) in [5.74, 6) is 1.45. The molecule has 1 unspecified atom stereocenters. The topological polar surface area (TPSA) is 62.6 Å². The van der Waals surface area contributed by atoms with Crippen molar-refractivity contribution in [2.24, 2.45) is 0 Å². The third-order valence-electron chi connectivity index (χ3n) is 4.62. The highest BCUT2D eigenvalue weighted by molar-refractivity contribution is 5.92. The number of amides is 1. The second-order valence-corrected chi connectivity index (χ2v) is 6.32. The van der Waals surface area contributed by atoms with Crippen molar-refractivity contribution in [3.8, 4) is 17.6 Å². The highest BCUT2D eigenvalue weighted by Gasteiger charge is 2.28. The van der Waals surface area contributed by atoms with Crippen LogP contribution in [-0.2, 0) is 4.79 Å². The molecule has 0 saturated carbocycles. The summed E-state index contributed by atoms with van der Waals surface area (Å²) >= 11 is 0. The van der Waals surface area contributed by atoms with Gasteiger partial charge in [-0.2, -0.15) is 5.26 Å². The molecular weight excluding hydrogens is 340 g/mol. The Balaban J connectivity index is 1.67. The van der Waals surface area contributed by atoms with Crippen LogP contribution in [0.2, 0.25) is 0 Å². The molecule has 3 rings (SSSR count). The lowest BCUT2D eigenvalue weighted by Gasteiger charge is -2.24. The second-order valence-electron chi connectivity index (χ2n) is 6.32.